The molecular weight excluding hydrogens is 281 g/mol. The molecule has 0 bridgehead atoms. The van der Waals surface area contributed by atoms with Gasteiger partial charge in [0.1, 0.15) is 6.10 Å². The van der Waals surface area contributed by atoms with Gasteiger partial charge in [-0.2, -0.15) is 13.2 Å². The third-order valence-corrected chi connectivity index (χ3v) is 3.06. The average Bonchev–Trinajstić information content (AvgIpc) is 2.45. The first kappa shape index (κ1) is 17.3. The summed E-state index contributed by atoms with van der Waals surface area (Å²) < 4.78 is 42.5. The molecule has 0 fully saturated rings. The molecule has 0 unspecified atom stereocenters. The van der Waals surface area contributed by atoms with Crippen LogP contribution in [0.3, 0.4) is 0 Å². The van der Waals surface area contributed by atoms with Crippen LogP contribution in [-0.4, -0.2) is 12.1 Å². The molecule has 1 aromatic rings. The first-order valence-corrected chi connectivity index (χ1v) is 6.89. The van der Waals surface area contributed by atoms with E-state index in [1.165, 1.54) is 6.08 Å². The van der Waals surface area contributed by atoms with E-state index < -0.39 is 23.8 Å². The minimum absolute atomic E-state index is 0.102. The van der Waals surface area contributed by atoms with Crippen LogP contribution >= 0.6 is 0 Å². The van der Waals surface area contributed by atoms with Crippen LogP contribution in [0.5, 0.6) is 0 Å². The van der Waals surface area contributed by atoms with Gasteiger partial charge in [-0.3, -0.25) is 0 Å². The highest BCUT2D eigenvalue weighted by Crippen LogP contribution is 2.29. The Morgan fingerprint density at radius 2 is 1.90 bits per heavy atom. The summed E-state index contributed by atoms with van der Waals surface area (Å²) in [7, 11) is 0. The summed E-state index contributed by atoms with van der Waals surface area (Å²) in [6.45, 7) is 5.67. The summed E-state index contributed by atoms with van der Waals surface area (Å²) in [5.74, 6) is -0.634. The summed E-state index contributed by atoms with van der Waals surface area (Å²) in [5.41, 5.74) is -0.687. The Hall–Kier alpha value is -1.78. The minimum atomic E-state index is -4.41. The second-order valence-corrected chi connectivity index (χ2v) is 4.75. The number of benzene rings is 1. The standard InChI is InChI=1S/C16H19F3O2/c1-3-5-6-7-14(4-2)21-15(20)12-8-10-13(11-9-12)16(17,18)19/h4,8-11,14H,2-3,5-7H2,1H3/t14-/m1/s1. The molecule has 2 nitrogen and oxygen atoms in total. The number of halogens is 3. The number of ether oxygens (including phenoxy) is 1. The Bertz CT molecular complexity index is 463. The molecule has 0 aliphatic heterocycles. The van der Waals surface area contributed by atoms with Crippen LogP contribution in [0.4, 0.5) is 13.2 Å². The van der Waals surface area contributed by atoms with Crippen molar-refractivity contribution in [1.29, 1.82) is 0 Å². The fourth-order valence-electron chi connectivity index (χ4n) is 1.82. The molecule has 0 saturated heterocycles. The SMILES string of the molecule is C=C[C@H](CCCCC)OC(=O)c1ccc(C(F)(F)F)cc1. The van der Waals surface area contributed by atoms with Gasteiger partial charge in [0.25, 0.3) is 0 Å². The largest absolute Gasteiger partial charge is 0.455 e. The zero-order chi connectivity index (χ0) is 15.9. The molecule has 0 heterocycles. The lowest BCUT2D eigenvalue weighted by Crippen LogP contribution is -2.16. The maximum absolute atomic E-state index is 12.4. The highest BCUT2D eigenvalue weighted by Gasteiger charge is 2.30. The number of esters is 1. The minimum Gasteiger partial charge on any atom is -0.455 e. The van der Waals surface area contributed by atoms with Crippen LogP contribution in [0.1, 0.15) is 48.5 Å². The van der Waals surface area contributed by atoms with E-state index in [0.29, 0.717) is 6.42 Å². The maximum atomic E-state index is 12.4. The summed E-state index contributed by atoms with van der Waals surface area (Å²) in [5, 5.41) is 0. The third-order valence-electron chi connectivity index (χ3n) is 3.06. The Balaban J connectivity index is 2.64. The van der Waals surface area contributed by atoms with E-state index in [1.54, 1.807) is 0 Å². The van der Waals surface area contributed by atoms with Crippen molar-refractivity contribution < 1.29 is 22.7 Å². The molecule has 116 valence electrons. The van der Waals surface area contributed by atoms with E-state index in [0.717, 1.165) is 43.5 Å². The quantitative estimate of drug-likeness (QED) is 0.402. The molecule has 0 aromatic heterocycles. The molecule has 0 saturated carbocycles. The van der Waals surface area contributed by atoms with E-state index in [9.17, 15) is 18.0 Å². The number of hydrogen-bond acceptors (Lipinski definition) is 2. The highest BCUT2D eigenvalue weighted by molar-refractivity contribution is 5.89. The molecule has 1 rings (SSSR count). The average molecular weight is 300 g/mol. The Kier molecular flexibility index (Phi) is 6.46. The number of carbonyl (C=O) groups is 1. The Morgan fingerprint density at radius 1 is 1.29 bits per heavy atom. The van der Waals surface area contributed by atoms with Crippen molar-refractivity contribution in [2.75, 3.05) is 0 Å². The Labute approximate surface area is 122 Å². The second-order valence-electron chi connectivity index (χ2n) is 4.75. The lowest BCUT2D eigenvalue weighted by atomic mass is 10.1. The first-order valence-electron chi connectivity index (χ1n) is 6.89. The van der Waals surface area contributed by atoms with Crippen molar-refractivity contribution in [3.8, 4) is 0 Å². The molecule has 0 aliphatic carbocycles. The number of rotatable bonds is 7. The van der Waals surface area contributed by atoms with Gasteiger partial charge >= 0.3 is 12.1 Å². The van der Waals surface area contributed by atoms with Crippen molar-refractivity contribution in [3.05, 3.63) is 48.0 Å². The molecule has 0 N–H and O–H groups in total. The molecule has 0 aliphatic rings. The van der Waals surface area contributed by atoms with Crippen LogP contribution in [0.15, 0.2) is 36.9 Å². The van der Waals surface area contributed by atoms with Gasteiger partial charge in [-0.05, 0) is 37.1 Å². The van der Waals surface area contributed by atoms with E-state index in [1.807, 2.05) is 0 Å². The summed E-state index contributed by atoms with van der Waals surface area (Å²) in [6, 6.07) is 3.99. The van der Waals surface area contributed by atoms with Crippen molar-refractivity contribution in [1.82, 2.24) is 0 Å². The van der Waals surface area contributed by atoms with Crippen LogP contribution in [-0.2, 0) is 10.9 Å². The van der Waals surface area contributed by atoms with Crippen molar-refractivity contribution in [2.45, 2.75) is 44.9 Å². The molecule has 1 atom stereocenters. The lowest BCUT2D eigenvalue weighted by Gasteiger charge is -2.14. The topological polar surface area (TPSA) is 26.3 Å². The molecule has 5 heteroatoms. The van der Waals surface area contributed by atoms with Crippen LogP contribution in [0, 0.1) is 0 Å². The van der Waals surface area contributed by atoms with Crippen LogP contribution in [0.2, 0.25) is 0 Å². The Morgan fingerprint density at radius 3 is 2.38 bits per heavy atom. The van der Waals surface area contributed by atoms with Gasteiger partial charge in [0.05, 0.1) is 11.1 Å². The number of unbranched alkanes of at least 4 members (excludes halogenated alkanes) is 2. The number of alkyl halides is 3. The first-order chi connectivity index (χ1) is 9.88. The van der Waals surface area contributed by atoms with Gasteiger partial charge in [0, 0.05) is 0 Å². The normalized spacial score (nSPS) is 12.8. The van der Waals surface area contributed by atoms with Crippen molar-refractivity contribution >= 4 is 5.97 Å². The maximum Gasteiger partial charge on any atom is 0.416 e. The fourth-order valence-corrected chi connectivity index (χ4v) is 1.82. The number of hydrogen-bond donors (Lipinski definition) is 0. The highest BCUT2D eigenvalue weighted by atomic mass is 19.4. The molecule has 0 amide bonds. The van der Waals surface area contributed by atoms with Gasteiger partial charge in [0.2, 0.25) is 0 Å². The van der Waals surface area contributed by atoms with Crippen LogP contribution in [0.25, 0.3) is 0 Å². The molecule has 0 spiro atoms. The zero-order valence-corrected chi connectivity index (χ0v) is 12.0. The smallest absolute Gasteiger partial charge is 0.416 e. The van der Waals surface area contributed by atoms with Gasteiger partial charge in [0.15, 0.2) is 0 Å². The molecule has 21 heavy (non-hydrogen) atoms. The van der Waals surface area contributed by atoms with E-state index in [-0.39, 0.29) is 5.56 Å². The third kappa shape index (κ3) is 5.61. The van der Waals surface area contributed by atoms with Gasteiger partial charge in [-0.15, -0.1) is 0 Å². The summed E-state index contributed by atoms with van der Waals surface area (Å²) >= 11 is 0. The summed E-state index contributed by atoms with van der Waals surface area (Å²) in [4.78, 5) is 11.9. The predicted molar refractivity (Wildman–Crippen MR) is 75.0 cm³/mol. The predicted octanol–water partition coefficient (Wildman–Crippen LogP) is 5.00. The van der Waals surface area contributed by atoms with Crippen LogP contribution < -0.4 is 0 Å². The van der Waals surface area contributed by atoms with E-state index in [2.05, 4.69) is 13.5 Å². The second kappa shape index (κ2) is 7.86. The molecular formula is C16H19F3O2. The van der Waals surface area contributed by atoms with Gasteiger partial charge < -0.3 is 4.74 Å². The van der Waals surface area contributed by atoms with Gasteiger partial charge in [-0.1, -0.05) is 32.4 Å². The lowest BCUT2D eigenvalue weighted by molar-refractivity contribution is -0.137. The molecule has 1 aromatic carbocycles. The summed E-state index contributed by atoms with van der Waals surface area (Å²) in [6.07, 6.45) is 0.381. The van der Waals surface area contributed by atoms with E-state index >= 15 is 0 Å². The zero-order valence-electron chi connectivity index (χ0n) is 12.0. The van der Waals surface area contributed by atoms with E-state index in [4.69, 9.17) is 4.74 Å². The molecule has 0 radical (unpaired) electrons. The number of carbonyl (C=O) groups excluding carboxylic acids is 1. The fraction of sp³-hybridized carbons (Fsp3) is 0.438. The van der Waals surface area contributed by atoms with Crippen molar-refractivity contribution in [3.63, 3.8) is 0 Å². The monoisotopic (exact) mass is 300 g/mol. The van der Waals surface area contributed by atoms with Gasteiger partial charge in [-0.25, -0.2) is 4.79 Å². The van der Waals surface area contributed by atoms with Crippen molar-refractivity contribution in [2.24, 2.45) is 0 Å².